The first kappa shape index (κ1) is 36.5. The van der Waals surface area contributed by atoms with Crippen LogP contribution in [0.15, 0.2) is 23.0 Å². The van der Waals surface area contributed by atoms with Gasteiger partial charge in [0, 0.05) is 68.5 Å². The molecule has 4 rings (SSSR count). The minimum atomic E-state index is -0.157. The van der Waals surface area contributed by atoms with Crippen molar-refractivity contribution in [1.29, 1.82) is 0 Å². The lowest BCUT2D eigenvalue weighted by Crippen LogP contribution is -2.35. The Morgan fingerprint density at radius 1 is 1.05 bits per heavy atom. The SMILES string of the molecule is CC.CCNc1cc(C2CCOCC2)cc(C(=O)NCc2c(C)cc(C)[nH]c2=O)c1C.COCCN(C)C1CCCCC1. The number of rotatable bonds is 10. The number of aromatic nitrogens is 1. The number of aromatic amines is 1. The highest BCUT2D eigenvalue weighted by Gasteiger charge is 2.21. The number of pyridine rings is 1. The first-order valence-electron chi connectivity index (χ1n) is 16.4. The van der Waals surface area contributed by atoms with Gasteiger partial charge in [-0.1, -0.05) is 33.1 Å². The van der Waals surface area contributed by atoms with Crippen LogP contribution >= 0.6 is 0 Å². The summed E-state index contributed by atoms with van der Waals surface area (Å²) in [6.45, 7) is 16.2. The normalized spacial score (nSPS) is 15.7. The van der Waals surface area contributed by atoms with Gasteiger partial charge < -0.3 is 30.0 Å². The largest absolute Gasteiger partial charge is 0.385 e. The van der Waals surface area contributed by atoms with Crippen molar-refractivity contribution in [3.63, 3.8) is 0 Å². The maximum Gasteiger partial charge on any atom is 0.253 e. The van der Waals surface area contributed by atoms with Crippen molar-refractivity contribution >= 4 is 11.6 Å². The van der Waals surface area contributed by atoms with Crippen LogP contribution in [0, 0.1) is 20.8 Å². The van der Waals surface area contributed by atoms with Crippen LogP contribution in [0.1, 0.15) is 110 Å². The molecule has 2 aliphatic rings. The molecule has 2 heterocycles. The number of amides is 1. The Kier molecular flexibility index (Phi) is 16.6. The van der Waals surface area contributed by atoms with E-state index in [1.807, 2.05) is 53.7 Å². The van der Waals surface area contributed by atoms with E-state index >= 15 is 0 Å². The highest BCUT2D eigenvalue weighted by molar-refractivity contribution is 5.97. The summed E-state index contributed by atoms with van der Waals surface area (Å²) >= 11 is 0. The number of nitrogens with one attached hydrogen (secondary N) is 3. The zero-order valence-electron chi connectivity index (χ0n) is 28.2. The van der Waals surface area contributed by atoms with E-state index in [-0.39, 0.29) is 18.0 Å². The van der Waals surface area contributed by atoms with Gasteiger partial charge in [-0.25, -0.2) is 0 Å². The summed E-state index contributed by atoms with van der Waals surface area (Å²) in [6.07, 6.45) is 8.99. The first-order chi connectivity index (χ1) is 20.7. The van der Waals surface area contributed by atoms with Crippen molar-refractivity contribution in [2.24, 2.45) is 0 Å². The molecule has 1 aromatic carbocycles. The molecule has 0 spiro atoms. The van der Waals surface area contributed by atoms with Crippen molar-refractivity contribution in [3.05, 3.63) is 62.1 Å². The molecule has 0 unspecified atom stereocenters. The molecule has 8 nitrogen and oxygen atoms in total. The molecule has 0 atom stereocenters. The molecule has 1 aliphatic heterocycles. The van der Waals surface area contributed by atoms with Crippen LogP contribution in [0.4, 0.5) is 5.69 Å². The molecule has 1 saturated heterocycles. The minimum Gasteiger partial charge on any atom is -0.385 e. The van der Waals surface area contributed by atoms with Crippen LogP contribution in [0.25, 0.3) is 0 Å². The fraction of sp³-hybridized carbons (Fsp3) is 0.657. The molecule has 242 valence electrons. The van der Waals surface area contributed by atoms with Gasteiger partial charge >= 0.3 is 0 Å². The van der Waals surface area contributed by atoms with E-state index in [0.29, 0.717) is 17.0 Å². The predicted molar refractivity (Wildman–Crippen MR) is 179 cm³/mol. The number of hydrogen-bond donors (Lipinski definition) is 3. The van der Waals surface area contributed by atoms with E-state index in [9.17, 15) is 9.59 Å². The van der Waals surface area contributed by atoms with Crippen LogP contribution in [0.5, 0.6) is 0 Å². The molecule has 0 bridgehead atoms. The molecular weight excluding hydrogens is 540 g/mol. The smallest absolute Gasteiger partial charge is 0.253 e. The first-order valence-corrected chi connectivity index (χ1v) is 16.4. The van der Waals surface area contributed by atoms with Gasteiger partial charge in [0.2, 0.25) is 0 Å². The monoisotopic (exact) mass is 598 g/mol. The number of likely N-dealkylation sites (N-methyl/N-ethyl adjacent to an activating group) is 1. The van der Waals surface area contributed by atoms with Gasteiger partial charge in [-0.15, -0.1) is 0 Å². The number of nitrogens with zero attached hydrogens (tertiary/aromatic N) is 1. The summed E-state index contributed by atoms with van der Waals surface area (Å²) in [6, 6.07) is 6.92. The minimum absolute atomic E-state index is 0.149. The van der Waals surface area contributed by atoms with E-state index in [2.05, 4.69) is 33.6 Å². The summed E-state index contributed by atoms with van der Waals surface area (Å²) in [4.78, 5) is 30.5. The van der Waals surface area contributed by atoms with Gasteiger partial charge in [0.05, 0.1) is 6.61 Å². The molecule has 2 aromatic rings. The van der Waals surface area contributed by atoms with Crippen molar-refractivity contribution in [3.8, 4) is 0 Å². The summed E-state index contributed by atoms with van der Waals surface area (Å²) in [5, 5.41) is 6.33. The lowest BCUT2D eigenvalue weighted by molar-refractivity contribution is 0.0853. The molecule has 1 aromatic heterocycles. The number of aryl methyl sites for hydroxylation is 2. The molecule has 3 N–H and O–H groups in total. The average Bonchev–Trinajstić information content (AvgIpc) is 3.02. The number of carbonyl (C=O) groups is 1. The van der Waals surface area contributed by atoms with Gasteiger partial charge in [-0.05, 0) is 101 Å². The van der Waals surface area contributed by atoms with E-state index in [0.717, 1.165) is 74.3 Å². The Morgan fingerprint density at radius 2 is 1.72 bits per heavy atom. The quantitative estimate of drug-likeness (QED) is 0.290. The number of H-pyrrole nitrogens is 1. The number of carbonyl (C=O) groups excluding carboxylic acids is 1. The summed E-state index contributed by atoms with van der Waals surface area (Å²) in [7, 11) is 3.99. The molecular formula is C35H58N4O4. The lowest BCUT2D eigenvalue weighted by Gasteiger charge is -2.30. The fourth-order valence-corrected chi connectivity index (χ4v) is 5.92. The third kappa shape index (κ3) is 11.4. The van der Waals surface area contributed by atoms with Crippen LogP contribution in [-0.4, -0.2) is 68.9 Å². The Labute approximate surface area is 260 Å². The van der Waals surface area contributed by atoms with Gasteiger partial charge in [0.1, 0.15) is 0 Å². The number of methoxy groups -OCH3 is 1. The van der Waals surface area contributed by atoms with Crippen LogP contribution < -0.4 is 16.2 Å². The summed E-state index contributed by atoms with van der Waals surface area (Å²) in [5.74, 6) is 0.241. The molecule has 1 aliphatic carbocycles. The van der Waals surface area contributed by atoms with Crippen molar-refractivity contribution < 1.29 is 14.3 Å². The Balaban J connectivity index is 0.000000385. The van der Waals surface area contributed by atoms with Crippen molar-refractivity contribution in [1.82, 2.24) is 15.2 Å². The lowest BCUT2D eigenvalue weighted by atomic mass is 9.88. The third-order valence-corrected chi connectivity index (χ3v) is 8.50. The second-order valence-electron chi connectivity index (χ2n) is 11.5. The van der Waals surface area contributed by atoms with Crippen molar-refractivity contribution in [2.45, 2.75) is 105 Å². The third-order valence-electron chi connectivity index (χ3n) is 8.50. The number of ether oxygens (including phenoxy) is 2. The van der Waals surface area contributed by atoms with Gasteiger partial charge in [-0.2, -0.15) is 0 Å². The van der Waals surface area contributed by atoms with E-state index in [4.69, 9.17) is 9.47 Å². The topological polar surface area (TPSA) is 95.7 Å². The Bertz CT molecular complexity index is 1170. The van der Waals surface area contributed by atoms with E-state index in [1.54, 1.807) is 7.11 Å². The Hall–Kier alpha value is -2.68. The molecule has 8 heteroatoms. The molecule has 0 radical (unpaired) electrons. The molecule has 2 fully saturated rings. The van der Waals surface area contributed by atoms with E-state index in [1.165, 1.54) is 37.7 Å². The number of anilines is 1. The fourth-order valence-electron chi connectivity index (χ4n) is 5.92. The maximum atomic E-state index is 13.0. The summed E-state index contributed by atoms with van der Waals surface area (Å²) in [5.41, 5.74) is 5.89. The zero-order valence-corrected chi connectivity index (χ0v) is 28.2. The standard InChI is InChI=1S/C23H31N3O3.C10H21NO.C2H6/c1-5-24-21-12-18(17-6-8-29-9-7-17)11-19(16(21)4)22(27)25-13-20-14(2)10-15(3)26-23(20)28;1-11(8-9-12-2)10-6-4-3-5-7-10;1-2/h10-12,17,24H,5-9,13H2,1-4H3,(H,25,27)(H,26,28);10H,3-9H2,1-2H3;1-2H3. The van der Waals surface area contributed by atoms with Crippen LogP contribution in [0.3, 0.4) is 0 Å². The maximum absolute atomic E-state index is 13.0. The highest BCUT2D eigenvalue weighted by Crippen LogP contribution is 2.32. The van der Waals surface area contributed by atoms with Gasteiger partial charge in [0.25, 0.3) is 11.5 Å². The Morgan fingerprint density at radius 3 is 2.33 bits per heavy atom. The van der Waals surface area contributed by atoms with Gasteiger partial charge in [-0.3, -0.25) is 9.59 Å². The van der Waals surface area contributed by atoms with E-state index < -0.39 is 0 Å². The zero-order chi connectivity index (χ0) is 31.8. The highest BCUT2D eigenvalue weighted by atomic mass is 16.5. The molecule has 1 amide bonds. The number of benzene rings is 1. The van der Waals surface area contributed by atoms with Crippen molar-refractivity contribution in [2.75, 3.05) is 52.4 Å². The molecule has 43 heavy (non-hydrogen) atoms. The average molecular weight is 599 g/mol. The second kappa shape index (κ2) is 19.6. The summed E-state index contributed by atoms with van der Waals surface area (Å²) < 4.78 is 10.6. The predicted octanol–water partition coefficient (Wildman–Crippen LogP) is 6.48. The number of hydrogen-bond acceptors (Lipinski definition) is 6. The second-order valence-corrected chi connectivity index (χ2v) is 11.5. The van der Waals surface area contributed by atoms with Crippen LogP contribution in [-0.2, 0) is 16.0 Å². The van der Waals surface area contributed by atoms with Crippen LogP contribution in [0.2, 0.25) is 0 Å². The molecule has 1 saturated carbocycles. The van der Waals surface area contributed by atoms with Gasteiger partial charge in [0.15, 0.2) is 0 Å².